The first-order valence-electron chi connectivity index (χ1n) is 5.37. The van der Waals surface area contributed by atoms with E-state index in [-0.39, 0.29) is 5.97 Å². The Labute approximate surface area is 123 Å². The minimum atomic E-state index is -0.384. The summed E-state index contributed by atoms with van der Waals surface area (Å²) in [6.45, 7) is 0. The summed E-state index contributed by atoms with van der Waals surface area (Å²) < 4.78 is 5.60. The fourth-order valence-corrected chi connectivity index (χ4v) is 2.48. The van der Waals surface area contributed by atoms with E-state index in [1.165, 1.54) is 18.9 Å². The van der Waals surface area contributed by atoms with Gasteiger partial charge in [-0.1, -0.05) is 11.8 Å². The van der Waals surface area contributed by atoms with E-state index < -0.39 is 0 Å². The summed E-state index contributed by atoms with van der Waals surface area (Å²) in [7, 11) is 1.35. The highest BCUT2D eigenvalue weighted by molar-refractivity contribution is 9.10. The van der Waals surface area contributed by atoms with Gasteiger partial charge in [0.2, 0.25) is 0 Å². The molecule has 0 spiro atoms. The number of nitrogens with zero attached hydrogens (tertiary/aromatic N) is 1. The highest BCUT2D eigenvalue weighted by atomic mass is 79.9. The monoisotopic (exact) mass is 338 g/mol. The van der Waals surface area contributed by atoms with Gasteiger partial charge in [-0.15, -0.1) is 0 Å². The molecular weight excluding hydrogens is 328 g/mol. The molecule has 1 heterocycles. The summed E-state index contributed by atoms with van der Waals surface area (Å²) in [6.07, 6.45) is 1.71. The number of hydrogen-bond acceptors (Lipinski definition) is 5. The molecule has 19 heavy (non-hydrogen) atoms. The summed E-state index contributed by atoms with van der Waals surface area (Å²) in [5.74, 6) is -0.384. The number of halogens is 1. The Bertz CT molecular complexity index is 602. The average Bonchev–Trinajstić information content (AvgIpc) is 2.43. The van der Waals surface area contributed by atoms with Gasteiger partial charge in [-0.05, 0) is 46.3 Å². The zero-order valence-corrected chi connectivity index (χ0v) is 12.5. The van der Waals surface area contributed by atoms with Gasteiger partial charge in [-0.3, -0.25) is 0 Å². The highest BCUT2D eigenvalue weighted by Crippen LogP contribution is 2.32. The number of carbonyl (C=O) groups excluding carboxylic acids is 1. The highest BCUT2D eigenvalue weighted by Gasteiger charge is 2.10. The van der Waals surface area contributed by atoms with E-state index in [1.54, 1.807) is 24.4 Å². The van der Waals surface area contributed by atoms with Gasteiger partial charge in [-0.2, -0.15) is 0 Å². The number of nitrogen functional groups attached to an aromatic ring is 1. The lowest BCUT2D eigenvalue weighted by Crippen LogP contribution is -2.02. The molecule has 2 rings (SSSR count). The fraction of sp³-hybridized carbons (Fsp3) is 0.0769. The molecule has 0 aliphatic carbocycles. The molecular formula is C13H11BrN2O2S. The van der Waals surface area contributed by atoms with Crippen molar-refractivity contribution in [1.29, 1.82) is 0 Å². The third-order valence-electron chi connectivity index (χ3n) is 2.35. The van der Waals surface area contributed by atoms with Crippen molar-refractivity contribution in [3.05, 3.63) is 46.6 Å². The van der Waals surface area contributed by atoms with Gasteiger partial charge in [0.05, 0.1) is 12.7 Å². The second-order valence-electron chi connectivity index (χ2n) is 3.66. The fourth-order valence-electron chi connectivity index (χ4n) is 1.40. The number of carbonyl (C=O) groups is 1. The smallest absolute Gasteiger partial charge is 0.337 e. The Hall–Kier alpha value is -1.53. The molecule has 1 aromatic carbocycles. The van der Waals surface area contributed by atoms with Crippen LogP contribution in [-0.4, -0.2) is 18.1 Å². The quantitative estimate of drug-likeness (QED) is 0.686. The molecule has 0 unspecified atom stereocenters. The maximum Gasteiger partial charge on any atom is 0.337 e. The molecule has 0 aliphatic heterocycles. The van der Waals surface area contributed by atoms with Crippen molar-refractivity contribution >= 4 is 39.3 Å². The van der Waals surface area contributed by atoms with Gasteiger partial charge in [0, 0.05) is 21.3 Å². The molecule has 0 aliphatic rings. The minimum Gasteiger partial charge on any atom is -0.465 e. The maximum atomic E-state index is 11.5. The summed E-state index contributed by atoms with van der Waals surface area (Å²) in [4.78, 5) is 16.5. The van der Waals surface area contributed by atoms with Gasteiger partial charge in [-0.25, -0.2) is 9.78 Å². The molecule has 0 radical (unpaired) electrons. The van der Waals surface area contributed by atoms with Crippen LogP contribution < -0.4 is 5.73 Å². The SMILES string of the molecule is COC(=O)c1ccc(N)c(Sc2ccc(Br)cn2)c1. The van der Waals surface area contributed by atoms with Crippen molar-refractivity contribution in [1.82, 2.24) is 4.98 Å². The largest absolute Gasteiger partial charge is 0.465 e. The average molecular weight is 339 g/mol. The first-order chi connectivity index (χ1) is 9.10. The van der Waals surface area contributed by atoms with E-state index in [4.69, 9.17) is 5.73 Å². The van der Waals surface area contributed by atoms with Crippen LogP contribution in [0.5, 0.6) is 0 Å². The molecule has 6 heteroatoms. The topological polar surface area (TPSA) is 65.2 Å². The van der Waals surface area contributed by atoms with Crippen LogP contribution in [0.15, 0.2) is 50.9 Å². The molecule has 0 saturated carbocycles. The van der Waals surface area contributed by atoms with Crippen molar-refractivity contribution in [2.75, 3.05) is 12.8 Å². The maximum absolute atomic E-state index is 11.5. The van der Waals surface area contributed by atoms with E-state index in [0.29, 0.717) is 11.3 Å². The molecule has 0 bridgehead atoms. The summed E-state index contributed by atoms with van der Waals surface area (Å²) in [5.41, 5.74) is 6.97. The molecule has 0 saturated heterocycles. The van der Waals surface area contributed by atoms with Crippen molar-refractivity contribution in [2.45, 2.75) is 9.92 Å². The number of nitrogens with two attached hydrogens (primary N) is 1. The van der Waals surface area contributed by atoms with E-state index in [2.05, 4.69) is 25.7 Å². The van der Waals surface area contributed by atoms with Crippen LogP contribution in [-0.2, 0) is 4.74 Å². The van der Waals surface area contributed by atoms with Crippen LogP contribution in [0.1, 0.15) is 10.4 Å². The van der Waals surface area contributed by atoms with E-state index in [9.17, 15) is 4.79 Å². The van der Waals surface area contributed by atoms with E-state index in [0.717, 1.165) is 14.4 Å². The first kappa shape index (κ1) is 13.9. The third-order valence-corrected chi connectivity index (χ3v) is 3.84. The number of ether oxygens (including phenoxy) is 1. The van der Waals surface area contributed by atoms with E-state index in [1.807, 2.05) is 12.1 Å². The number of hydrogen-bond donors (Lipinski definition) is 1. The molecule has 1 aromatic heterocycles. The normalized spacial score (nSPS) is 10.2. The Morgan fingerprint density at radius 1 is 1.37 bits per heavy atom. The van der Waals surface area contributed by atoms with Crippen molar-refractivity contribution < 1.29 is 9.53 Å². The van der Waals surface area contributed by atoms with Gasteiger partial charge in [0.15, 0.2) is 0 Å². The van der Waals surface area contributed by atoms with Crippen LogP contribution in [0.4, 0.5) is 5.69 Å². The lowest BCUT2D eigenvalue weighted by atomic mass is 10.2. The molecule has 98 valence electrons. The van der Waals surface area contributed by atoms with Crippen molar-refractivity contribution in [3.8, 4) is 0 Å². The van der Waals surface area contributed by atoms with Crippen LogP contribution in [0, 0.1) is 0 Å². The zero-order chi connectivity index (χ0) is 13.8. The Balaban J connectivity index is 2.28. The second-order valence-corrected chi connectivity index (χ2v) is 5.64. The number of rotatable bonds is 3. The van der Waals surface area contributed by atoms with Crippen LogP contribution >= 0.6 is 27.7 Å². The standard InChI is InChI=1S/C13H11BrN2O2S/c1-18-13(17)8-2-4-10(15)11(6-8)19-12-5-3-9(14)7-16-12/h2-7H,15H2,1H3. The van der Waals surface area contributed by atoms with Crippen molar-refractivity contribution in [3.63, 3.8) is 0 Å². The van der Waals surface area contributed by atoms with Crippen LogP contribution in [0.25, 0.3) is 0 Å². The summed E-state index contributed by atoms with van der Waals surface area (Å²) in [5, 5.41) is 0.803. The van der Waals surface area contributed by atoms with E-state index >= 15 is 0 Å². The number of aromatic nitrogens is 1. The number of anilines is 1. The predicted molar refractivity (Wildman–Crippen MR) is 78.3 cm³/mol. The van der Waals surface area contributed by atoms with Gasteiger partial charge >= 0.3 is 5.97 Å². The molecule has 0 atom stereocenters. The minimum absolute atomic E-state index is 0.384. The molecule has 4 nitrogen and oxygen atoms in total. The first-order valence-corrected chi connectivity index (χ1v) is 6.98. The van der Waals surface area contributed by atoms with Crippen LogP contribution in [0.3, 0.4) is 0 Å². The molecule has 2 aromatic rings. The Morgan fingerprint density at radius 3 is 2.79 bits per heavy atom. The zero-order valence-electron chi connectivity index (χ0n) is 10.1. The molecule has 2 N–H and O–H groups in total. The van der Waals surface area contributed by atoms with Gasteiger partial charge in [0.1, 0.15) is 5.03 Å². The Morgan fingerprint density at radius 2 is 2.16 bits per heavy atom. The molecule has 0 amide bonds. The lowest BCUT2D eigenvalue weighted by molar-refractivity contribution is 0.0600. The number of methoxy groups -OCH3 is 1. The predicted octanol–water partition coefficient (Wildman–Crippen LogP) is 3.36. The number of benzene rings is 1. The Kier molecular flexibility index (Phi) is 4.44. The van der Waals surface area contributed by atoms with Gasteiger partial charge < -0.3 is 10.5 Å². The number of esters is 1. The van der Waals surface area contributed by atoms with Gasteiger partial charge in [0.25, 0.3) is 0 Å². The van der Waals surface area contributed by atoms with Crippen LogP contribution in [0.2, 0.25) is 0 Å². The summed E-state index contributed by atoms with van der Waals surface area (Å²) in [6, 6.07) is 8.80. The lowest BCUT2D eigenvalue weighted by Gasteiger charge is -2.07. The number of pyridine rings is 1. The second kappa shape index (κ2) is 6.08. The van der Waals surface area contributed by atoms with Crippen molar-refractivity contribution in [2.24, 2.45) is 0 Å². The third kappa shape index (κ3) is 3.48. The summed E-state index contributed by atoms with van der Waals surface area (Å²) >= 11 is 4.73. The molecule has 0 fully saturated rings.